The highest BCUT2D eigenvalue weighted by atomic mass is 19.1. The topological polar surface area (TPSA) is 38.3 Å². The quantitative estimate of drug-likeness (QED) is 0.856. The number of hydrogen-bond donors (Lipinski definition) is 1. The Morgan fingerprint density at radius 1 is 1.13 bits per heavy atom. The second kappa shape index (κ2) is 7.62. The van der Waals surface area contributed by atoms with Crippen molar-refractivity contribution in [2.75, 3.05) is 6.54 Å². The molecule has 4 heteroatoms. The smallest absolute Gasteiger partial charge is 0.407 e. The van der Waals surface area contributed by atoms with Crippen molar-refractivity contribution < 1.29 is 13.9 Å². The Labute approximate surface area is 138 Å². The van der Waals surface area contributed by atoms with E-state index < -0.39 is 11.7 Å². The van der Waals surface area contributed by atoms with Gasteiger partial charge in [-0.15, -0.1) is 0 Å². The molecule has 0 spiro atoms. The monoisotopic (exact) mass is 321 g/mol. The van der Waals surface area contributed by atoms with Crippen molar-refractivity contribution in [2.24, 2.45) is 0 Å². The Morgan fingerprint density at radius 2 is 1.70 bits per heavy atom. The average molecular weight is 321 g/mol. The Bertz CT molecular complexity index is 548. The van der Waals surface area contributed by atoms with E-state index in [1.807, 2.05) is 12.1 Å². The van der Waals surface area contributed by atoms with Crippen LogP contribution in [0, 0.1) is 0 Å². The molecule has 0 bridgehead atoms. The lowest BCUT2D eigenvalue weighted by atomic mass is 9.86. The molecular formula is C19H28FNO2. The van der Waals surface area contributed by atoms with Gasteiger partial charge in [-0.25, -0.2) is 9.18 Å². The summed E-state index contributed by atoms with van der Waals surface area (Å²) in [7, 11) is 0. The van der Waals surface area contributed by atoms with Crippen molar-refractivity contribution in [1.82, 2.24) is 5.32 Å². The molecule has 1 aromatic rings. The highest BCUT2D eigenvalue weighted by Gasteiger charge is 2.16. The molecule has 1 amide bonds. The molecule has 1 aromatic carbocycles. The first kappa shape index (κ1) is 19.2. The number of rotatable bonds is 4. The van der Waals surface area contributed by atoms with Gasteiger partial charge in [0.25, 0.3) is 0 Å². The Kier molecular flexibility index (Phi) is 6.37. The summed E-state index contributed by atoms with van der Waals surface area (Å²) in [6, 6.07) is 8.12. The molecule has 0 aliphatic rings. The average Bonchev–Trinajstić information content (AvgIpc) is 2.41. The molecule has 0 unspecified atom stereocenters. The third-order valence-corrected chi connectivity index (χ3v) is 3.26. The normalized spacial score (nSPS) is 12.9. The lowest BCUT2D eigenvalue weighted by Crippen LogP contribution is -2.33. The van der Waals surface area contributed by atoms with Gasteiger partial charge >= 0.3 is 6.09 Å². The van der Waals surface area contributed by atoms with Gasteiger partial charge in [-0.05, 0) is 49.3 Å². The van der Waals surface area contributed by atoms with Gasteiger partial charge in [0.15, 0.2) is 0 Å². The van der Waals surface area contributed by atoms with E-state index in [1.54, 1.807) is 20.8 Å². The molecular weight excluding hydrogens is 293 g/mol. The molecule has 128 valence electrons. The van der Waals surface area contributed by atoms with Crippen LogP contribution in [0.25, 0.3) is 0 Å². The van der Waals surface area contributed by atoms with Crippen LogP contribution in [0.5, 0.6) is 0 Å². The molecule has 0 aliphatic heterocycles. The lowest BCUT2D eigenvalue weighted by Gasteiger charge is -2.20. The minimum absolute atomic E-state index is 0.0928. The van der Waals surface area contributed by atoms with Gasteiger partial charge in [0, 0.05) is 6.54 Å². The van der Waals surface area contributed by atoms with Gasteiger partial charge < -0.3 is 10.1 Å². The Balaban J connectivity index is 2.59. The zero-order valence-corrected chi connectivity index (χ0v) is 15.0. The van der Waals surface area contributed by atoms with E-state index in [4.69, 9.17) is 4.74 Å². The first-order valence-corrected chi connectivity index (χ1v) is 7.85. The van der Waals surface area contributed by atoms with Gasteiger partial charge in [0.2, 0.25) is 0 Å². The van der Waals surface area contributed by atoms with E-state index in [-0.39, 0.29) is 12.0 Å². The molecule has 0 saturated carbocycles. The van der Waals surface area contributed by atoms with E-state index in [2.05, 4.69) is 38.2 Å². The lowest BCUT2D eigenvalue weighted by molar-refractivity contribution is 0.0532. The van der Waals surface area contributed by atoms with Crippen LogP contribution in [-0.4, -0.2) is 18.2 Å². The summed E-state index contributed by atoms with van der Waals surface area (Å²) in [5.41, 5.74) is 2.27. The number of benzene rings is 1. The van der Waals surface area contributed by atoms with Crippen LogP contribution in [-0.2, 0) is 16.6 Å². The molecule has 0 aliphatic carbocycles. The third kappa shape index (κ3) is 7.31. The molecule has 1 N–H and O–H groups in total. The fourth-order valence-corrected chi connectivity index (χ4v) is 2.02. The van der Waals surface area contributed by atoms with Crippen molar-refractivity contribution in [3.8, 4) is 0 Å². The maximum atomic E-state index is 13.0. The fourth-order valence-electron chi connectivity index (χ4n) is 2.02. The van der Waals surface area contributed by atoms with Crippen molar-refractivity contribution >= 4 is 6.09 Å². The van der Waals surface area contributed by atoms with E-state index in [0.29, 0.717) is 18.3 Å². The fraction of sp³-hybridized carbons (Fsp3) is 0.526. The van der Waals surface area contributed by atoms with Crippen LogP contribution in [0.15, 0.2) is 36.2 Å². The van der Waals surface area contributed by atoms with Crippen LogP contribution >= 0.6 is 0 Å². The molecule has 1 rings (SSSR count). The van der Waals surface area contributed by atoms with Gasteiger partial charge in [-0.1, -0.05) is 45.0 Å². The van der Waals surface area contributed by atoms with Gasteiger partial charge in [-0.3, -0.25) is 0 Å². The molecule has 0 radical (unpaired) electrons. The van der Waals surface area contributed by atoms with Crippen LogP contribution in [0.1, 0.15) is 52.7 Å². The number of nitrogens with one attached hydrogen (secondary N) is 1. The first-order valence-electron chi connectivity index (χ1n) is 7.85. The number of alkyl carbamates (subject to hydrolysis) is 1. The zero-order chi connectivity index (χ0) is 17.7. The third-order valence-electron chi connectivity index (χ3n) is 3.26. The highest BCUT2D eigenvalue weighted by molar-refractivity contribution is 5.68. The number of hydrogen-bond acceptors (Lipinski definition) is 2. The zero-order valence-electron chi connectivity index (χ0n) is 15.0. The second-order valence-corrected chi connectivity index (χ2v) is 7.75. The summed E-state index contributed by atoms with van der Waals surface area (Å²) >= 11 is 0. The molecule has 23 heavy (non-hydrogen) atoms. The summed E-state index contributed by atoms with van der Waals surface area (Å²) in [5, 5.41) is 2.58. The highest BCUT2D eigenvalue weighted by Crippen LogP contribution is 2.22. The number of carbonyl (C=O) groups is 1. The largest absolute Gasteiger partial charge is 0.444 e. The van der Waals surface area contributed by atoms with Crippen molar-refractivity contribution in [2.45, 2.75) is 59.0 Å². The molecule has 3 nitrogen and oxygen atoms in total. The number of amides is 1. The summed E-state index contributed by atoms with van der Waals surface area (Å²) in [6.07, 6.45) is 0.464. The summed E-state index contributed by atoms with van der Waals surface area (Å²) in [5.74, 6) is 0. The summed E-state index contributed by atoms with van der Waals surface area (Å²) in [4.78, 5) is 11.6. The predicted octanol–water partition coefficient (Wildman–Crippen LogP) is 4.90. The van der Waals surface area contributed by atoms with Gasteiger partial charge in [-0.2, -0.15) is 0 Å². The van der Waals surface area contributed by atoms with E-state index in [1.165, 1.54) is 5.56 Å². The summed E-state index contributed by atoms with van der Waals surface area (Å²) < 4.78 is 18.2. The molecule has 0 aromatic heterocycles. The van der Waals surface area contributed by atoms with E-state index >= 15 is 0 Å². The SMILES string of the molecule is CC(C)(C)OC(=O)NC/C(=C\F)Cc1ccc(C(C)(C)C)cc1. The first-order chi connectivity index (χ1) is 10.5. The van der Waals surface area contributed by atoms with Crippen molar-refractivity contribution in [3.05, 3.63) is 47.3 Å². The van der Waals surface area contributed by atoms with Crippen LogP contribution < -0.4 is 5.32 Å². The second-order valence-electron chi connectivity index (χ2n) is 7.75. The summed E-state index contributed by atoms with van der Waals surface area (Å²) in [6.45, 7) is 11.9. The number of ether oxygens (including phenoxy) is 1. The van der Waals surface area contributed by atoms with Crippen molar-refractivity contribution in [1.29, 1.82) is 0 Å². The van der Waals surface area contributed by atoms with Crippen LogP contribution in [0.2, 0.25) is 0 Å². The molecule has 0 saturated heterocycles. The van der Waals surface area contributed by atoms with E-state index in [0.717, 1.165) is 5.56 Å². The molecule has 0 heterocycles. The number of carbonyl (C=O) groups excluding carboxylic acids is 1. The maximum absolute atomic E-state index is 13.0. The predicted molar refractivity (Wildman–Crippen MR) is 92.3 cm³/mol. The van der Waals surface area contributed by atoms with Crippen LogP contribution in [0.3, 0.4) is 0 Å². The maximum Gasteiger partial charge on any atom is 0.407 e. The standard InChI is InChI=1S/C19H28FNO2/c1-18(2,3)16-9-7-14(8-10-16)11-15(12-20)13-21-17(22)23-19(4,5)6/h7-10,12H,11,13H2,1-6H3,(H,21,22)/b15-12-. The Hall–Kier alpha value is -1.84. The van der Waals surface area contributed by atoms with E-state index in [9.17, 15) is 9.18 Å². The number of halogens is 1. The van der Waals surface area contributed by atoms with Crippen molar-refractivity contribution in [3.63, 3.8) is 0 Å². The Morgan fingerprint density at radius 3 is 2.13 bits per heavy atom. The van der Waals surface area contributed by atoms with Gasteiger partial charge in [0.05, 0.1) is 6.33 Å². The molecule has 0 fully saturated rings. The minimum Gasteiger partial charge on any atom is -0.444 e. The minimum atomic E-state index is -0.563. The molecule has 0 atom stereocenters. The van der Waals surface area contributed by atoms with Gasteiger partial charge in [0.1, 0.15) is 5.60 Å². The van der Waals surface area contributed by atoms with Crippen LogP contribution in [0.4, 0.5) is 9.18 Å².